The van der Waals surface area contributed by atoms with Crippen molar-refractivity contribution < 1.29 is 14.6 Å². The van der Waals surface area contributed by atoms with Crippen LogP contribution in [0, 0.1) is 0 Å². The van der Waals surface area contributed by atoms with Crippen LogP contribution in [0.1, 0.15) is 12.5 Å². The number of nitrogens with zero attached hydrogens (tertiary/aromatic N) is 3. The Bertz CT molecular complexity index is 882. The van der Waals surface area contributed by atoms with Gasteiger partial charge in [-0.15, -0.1) is 15.0 Å². The van der Waals surface area contributed by atoms with E-state index in [1.165, 1.54) is 4.80 Å². The van der Waals surface area contributed by atoms with E-state index in [1.54, 1.807) is 25.1 Å². The molecule has 6 nitrogen and oxygen atoms in total. The van der Waals surface area contributed by atoms with Gasteiger partial charge in [0, 0.05) is 18.2 Å². The summed E-state index contributed by atoms with van der Waals surface area (Å²) in [6.45, 7) is 5.16. The number of esters is 1. The Morgan fingerprint density at radius 2 is 1.88 bits per heavy atom. The Hall–Kier alpha value is -2.99. The normalized spacial score (nSPS) is 10.8. The van der Waals surface area contributed by atoms with E-state index < -0.39 is 5.97 Å². The molecule has 0 radical (unpaired) electrons. The zero-order valence-electron chi connectivity index (χ0n) is 13.3. The lowest BCUT2D eigenvalue weighted by Crippen LogP contribution is -2.10. The molecule has 0 aliphatic rings. The van der Waals surface area contributed by atoms with E-state index in [9.17, 15) is 9.90 Å². The van der Waals surface area contributed by atoms with Crippen molar-refractivity contribution in [3.05, 3.63) is 60.2 Å². The highest BCUT2D eigenvalue weighted by Gasteiger charge is 2.13. The third-order valence-corrected chi connectivity index (χ3v) is 3.50. The maximum absolute atomic E-state index is 11.7. The van der Waals surface area contributed by atoms with Crippen LogP contribution in [0.2, 0.25) is 0 Å². The van der Waals surface area contributed by atoms with E-state index in [0.717, 1.165) is 16.6 Å². The molecular weight excluding hydrogens is 306 g/mol. The standard InChI is InChI=1S/C18H17N3O3/c1-12(2)18(23)24-14-8-7-13(9-10-22)17(11-14)21-19-15-5-3-4-6-16(15)20-21/h3-8,11,22H,1,9-10H2,2H3. The lowest BCUT2D eigenvalue weighted by Gasteiger charge is -2.10. The van der Waals surface area contributed by atoms with Gasteiger partial charge in [-0.05, 0) is 37.1 Å². The molecule has 0 saturated heterocycles. The fourth-order valence-electron chi connectivity index (χ4n) is 2.29. The Morgan fingerprint density at radius 3 is 2.46 bits per heavy atom. The van der Waals surface area contributed by atoms with Crippen molar-refractivity contribution in [2.75, 3.05) is 6.61 Å². The summed E-state index contributed by atoms with van der Waals surface area (Å²) in [4.78, 5) is 13.2. The summed E-state index contributed by atoms with van der Waals surface area (Å²) in [7, 11) is 0. The number of aliphatic hydroxyl groups excluding tert-OH is 1. The first-order valence-electron chi connectivity index (χ1n) is 7.52. The fraction of sp³-hybridized carbons (Fsp3) is 0.167. The molecule has 1 heterocycles. The number of hydrogen-bond donors (Lipinski definition) is 1. The van der Waals surface area contributed by atoms with Gasteiger partial charge in [0.05, 0.1) is 5.69 Å². The third-order valence-electron chi connectivity index (χ3n) is 3.50. The number of rotatable bonds is 5. The highest BCUT2D eigenvalue weighted by Crippen LogP contribution is 2.23. The Morgan fingerprint density at radius 1 is 1.21 bits per heavy atom. The van der Waals surface area contributed by atoms with Crippen LogP contribution >= 0.6 is 0 Å². The predicted octanol–water partition coefficient (Wildman–Crippen LogP) is 2.44. The van der Waals surface area contributed by atoms with Crippen molar-refractivity contribution in [3.8, 4) is 11.4 Å². The number of carbonyl (C=O) groups is 1. The van der Waals surface area contributed by atoms with E-state index in [-0.39, 0.29) is 6.61 Å². The van der Waals surface area contributed by atoms with Crippen molar-refractivity contribution in [1.29, 1.82) is 0 Å². The Labute approximate surface area is 139 Å². The number of aromatic nitrogens is 3. The molecule has 0 bridgehead atoms. The second kappa shape index (κ2) is 6.64. The molecule has 24 heavy (non-hydrogen) atoms. The summed E-state index contributed by atoms with van der Waals surface area (Å²) >= 11 is 0. The van der Waals surface area contributed by atoms with Crippen molar-refractivity contribution in [1.82, 2.24) is 15.0 Å². The Kier molecular flexibility index (Phi) is 4.39. The average Bonchev–Trinajstić information content (AvgIpc) is 3.00. The molecule has 0 fully saturated rings. The lowest BCUT2D eigenvalue weighted by atomic mass is 10.1. The molecular formula is C18H17N3O3. The molecule has 3 rings (SSSR count). The van der Waals surface area contributed by atoms with Crippen LogP contribution in [0.15, 0.2) is 54.6 Å². The van der Waals surface area contributed by atoms with Gasteiger partial charge in [0.15, 0.2) is 0 Å². The van der Waals surface area contributed by atoms with Gasteiger partial charge in [-0.3, -0.25) is 0 Å². The Balaban J connectivity index is 2.05. The molecule has 6 heteroatoms. The number of hydrogen-bond acceptors (Lipinski definition) is 5. The second-order valence-corrected chi connectivity index (χ2v) is 5.41. The molecule has 1 aromatic heterocycles. The lowest BCUT2D eigenvalue weighted by molar-refractivity contribution is -0.130. The SMILES string of the molecule is C=C(C)C(=O)Oc1ccc(CCO)c(-n2nc3ccccc3n2)c1. The topological polar surface area (TPSA) is 77.2 Å². The van der Waals surface area contributed by atoms with Crippen LogP contribution in [0.3, 0.4) is 0 Å². The van der Waals surface area contributed by atoms with Crippen LogP contribution < -0.4 is 4.74 Å². The maximum atomic E-state index is 11.7. The van der Waals surface area contributed by atoms with Crippen LogP contribution in [-0.4, -0.2) is 32.7 Å². The van der Waals surface area contributed by atoms with Crippen LogP contribution in [0.25, 0.3) is 16.7 Å². The van der Waals surface area contributed by atoms with Crippen molar-refractivity contribution >= 4 is 17.0 Å². The molecule has 2 aromatic carbocycles. The van der Waals surface area contributed by atoms with Gasteiger partial charge in [0.2, 0.25) is 0 Å². The maximum Gasteiger partial charge on any atom is 0.338 e. The zero-order valence-corrected chi connectivity index (χ0v) is 13.3. The van der Waals surface area contributed by atoms with Crippen molar-refractivity contribution in [3.63, 3.8) is 0 Å². The van der Waals surface area contributed by atoms with E-state index in [0.29, 0.717) is 23.4 Å². The first kappa shape index (κ1) is 15.9. The molecule has 0 spiro atoms. The number of ether oxygens (including phenoxy) is 1. The van der Waals surface area contributed by atoms with Crippen LogP contribution in [0.4, 0.5) is 0 Å². The molecule has 0 atom stereocenters. The van der Waals surface area contributed by atoms with E-state index in [4.69, 9.17) is 4.74 Å². The van der Waals surface area contributed by atoms with E-state index in [1.807, 2.05) is 24.3 Å². The van der Waals surface area contributed by atoms with Gasteiger partial charge < -0.3 is 9.84 Å². The minimum Gasteiger partial charge on any atom is -0.423 e. The smallest absolute Gasteiger partial charge is 0.338 e. The number of fused-ring (bicyclic) bond motifs is 1. The summed E-state index contributed by atoms with van der Waals surface area (Å²) in [5.74, 6) is -0.115. The summed E-state index contributed by atoms with van der Waals surface area (Å²) in [6, 6.07) is 12.7. The minimum absolute atomic E-state index is 0.00130. The highest BCUT2D eigenvalue weighted by atomic mass is 16.5. The molecule has 122 valence electrons. The summed E-state index contributed by atoms with van der Waals surface area (Å²) in [5.41, 5.74) is 3.35. The molecule has 3 aromatic rings. The van der Waals surface area contributed by atoms with Gasteiger partial charge in [0.1, 0.15) is 16.8 Å². The quantitative estimate of drug-likeness (QED) is 0.443. The summed E-state index contributed by atoms with van der Waals surface area (Å²) in [5, 5.41) is 18.2. The molecule has 0 unspecified atom stereocenters. The molecule has 0 saturated carbocycles. The van der Waals surface area contributed by atoms with Gasteiger partial charge in [-0.25, -0.2) is 4.79 Å². The second-order valence-electron chi connectivity index (χ2n) is 5.41. The average molecular weight is 323 g/mol. The predicted molar refractivity (Wildman–Crippen MR) is 90.1 cm³/mol. The molecule has 0 amide bonds. The van der Waals surface area contributed by atoms with Gasteiger partial charge in [-0.2, -0.15) is 0 Å². The van der Waals surface area contributed by atoms with Crippen molar-refractivity contribution in [2.24, 2.45) is 0 Å². The third kappa shape index (κ3) is 3.18. The minimum atomic E-state index is -0.491. The van der Waals surface area contributed by atoms with E-state index in [2.05, 4.69) is 16.8 Å². The van der Waals surface area contributed by atoms with Gasteiger partial charge in [-0.1, -0.05) is 24.8 Å². The largest absolute Gasteiger partial charge is 0.423 e. The fourth-order valence-corrected chi connectivity index (χ4v) is 2.29. The van der Waals surface area contributed by atoms with Crippen LogP contribution in [0.5, 0.6) is 5.75 Å². The van der Waals surface area contributed by atoms with Crippen LogP contribution in [-0.2, 0) is 11.2 Å². The zero-order chi connectivity index (χ0) is 17.1. The van der Waals surface area contributed by atoms with Gasteiger partial charge >= 0.3 is 5.97 Å². The number of aliphatic hydroxyl groups is 1. The van der Waals surface area contributed by atoms with E-state index >= 15 is 0 Å². The number of carbonyl (C=O) groups excluding carboxylic acids is 1. The summed E-state index contributed by atoms with van der Waals surface area (Å²) < 4.78 is 5.28. The molecule has 0 aliphatic carbocycles. The first-order valence-corrected chi connectivity index (χ1v) is 7.52. The van der Waals surface area contributed by atoms with Crippen molar-refractivity contribution in [2.45, 2.75) is 13.3 Å². The first-order chi connectivity index (χ1) is 11.6. The molecule has 0 aliphatic heterocycles. The molecule has 1 N–H and O–H groups in total. The summed E-state index contributed by atoms with van der Waals surface area (Å²) in [6.07, 6.45) is 0.446. The monoisotopic (exact) mass is 323 g/mol. The number of benzene rings is 2. The highest BCUT2D eigenvalue weighted by molar-refractivity contribution is 5.88. The van der Waals surface area contributed by atoms with Gasteiger partial charge in [0.25, 0.3) is 0 Å².